The number of carboxylic acids is 1. The van der Waals surface area contributed by atoms with Crippen molar-refractivity contribution < 1.29 is 19.4 Å². The highest BCUT2D eigenvalue weighted by Crippen LogP contribution is 2.45. The van der Waals surface area contributed by atoms with Gasteiger partial charge in [-0.05, 0) is 23.3 Å². The predicted octanol–water partition coefficient (Wildman–Crippen LogP) is 5.09. The highest BCUT2D eigenvalue weighted by molar-refractivity contribution is 5.96. The van der Waals surface area contributed by atoms with Gasteiger partial charge in [-0.25, -0.2) is 0 Å². The molecule has 0 heterocycles. The van der Waals surface area contributed by atoms with E-state index in [1.165, 1.54) is 0 Å². The zero-order valence-corrected chi connectivity index (χ0v) is 17.7. The number of methoxy groups -OCH3 is 1. The summed E-state index contributed by atoms with van der Waals surface area (Å²) in [4.78, 5) is 26.1. The number of carbonyl (C=O) groups is 2. The molecule has 0 fully saturated rings. The summed E-state index contributed by atoms with van der Waals surface area (Å²) in [6, 6.07) is 26.1. The molecule has 1 aliphatic rings. The zero-order chi connectivity index (χ0) is 22.5. The van der Waals surface area contributed by atoms with Crippen LogP contribution in [0.5, 0.6) is 5.75 Å². The first-order valence-electron chi connectivity index (χ1n) is 10.5. The van der Waals surface area contributed by atoms with Crippen LogP contribution in [0.3, 0.4) is 0 Å². The van der Waals surface area contributed by atoms with E-state index in [0.717, 1.165) is 11.1 Å². The summed E-state index contributed by atoms with van der Waals surface area (Å²) in [6.07, 6.45) is 3.91. The van der Waals surface area contributed by atoms with E-state index in [-0.39, 0.29) is 11.8 Å². The maximum atomic E-state index is 13.6. The molecule has 0 spiro atoms. The van der Waals surface area contributed by atoms with Crippen LogP contribution < -0.4 is 10.1 Å². The van der Waals surface area contributed by atoms with E-state index in [0.29, 0.717) is 11.4 Å². The quantitative estimate of drug-likeness (QED) is 0.538. The number of carboxylic acid groups (broad SMARTS) is 1. The molecule has 4 atom stereocenters. The minimum Gasteiger partial charge on any atom is -0.497 e. The fourth-order valence-electron chi connectivity index (χ4n) is 4.47. The fourth-order valence-corrected chi connectivity index (χ4v) is 4.47. The van der Waals surface area contributed by atoms with Crippen molar-refractivity contribution >= 4 is 17.6 Å². The second-order valence-electron chi connectivity index (χ2n) is 7.87. The third kappa shape index (κ3) is 4.42. The molecule has 2 N–H and O–H groups in total. The monoisotopic (exact) mass is 427 g/mol. The molecular formula is C27H25NO4. The number of carbonyl (C=O) groups excluding carboxylic acids is 1. The fraction of sp³-hybridized carbons (Fsp3) is 0.185. The highest BCUT2D eigenvalue weighted by Gasteiger charge is 2.46. The van der Waals surface area contributed by atoms with Gasteiger partial charge in [-0.3, -0.25) is 9.59 Å². The molecule has 0 saturated carbocycles. The molecule has 32 heavy (non-hydrogen) atoms. The summed E-state index contributed by atoms with van der Waals surface area (Å²) in [5.74, 6) is -3.19. The van der Waals surface area contributed by atoms with E-state index < -0.39 is 23.7 Å². The Morgan fingerprint density at radius 1 is 0.781 bits per heavy atom. The van der Waals surface area contributed by atoms with Gasteiger partial charge in [0.15, 0.2) is 0 Å². The van der Waals surface area contributed by atoms with E-state index in [9.17, 15) is 14.7 Å². The Kier molecular flexibility index (Phi) is 6.36. The van der Waals surface area contributed by atoms with Crippen molar-refractivity contribution in [1.82, 2.24) is 0 Å². The van der Waals surface area contributed by atoms with Gasteiger partial charge < -0.3 is 15.2 Å². The van der Waals surface area contributed by atoms with Crippen molar-refractivity contribution in [2.45, 2.75) is 11.8 Å². The second kappa shape index (κ2) is 9.52. The number of amides is 1. The van der Waals surface area contributed by atoms with Gasteiger partial charge in [0.2, 0.25) is 5.91 Å². The van der Waals surface area contributed by atoms with Crippen molar-refractivity contribution in [3.63, 3.8) is 0 Å². The smallest absolute Gasteiger partial charge is 0.308 e. The van der Waals surface area contributed by atoms with Crippen LogP contribution in [0.2, 0.25) is 0 Å². The summed E-state index contributed by atoms with van der Waals surface area (Å²) < 4.78 is 5.25. The van der Waals surface area contributed by atoms with Gasteiger partial charge in [0, 0.05) is 23.6 Å². The molecule has 0 aliphatic heterocycles. The number of aliphatic carboxylic acids is 1. The number of rotatable bonds is 6. The predicted molar refractivity (Wildman–Crippen MR) is 124 cm³/mol. The molecule has 1 amide bonds. The first kappa shape index (κ1) is 21.4. The molecule has 0 aromatic heterocycles. The molecule has 162 valence electrons. The van der Waals surface area contributed by atoms with Gasteiger partial charge in [0.1, 0.15) is 5.75 Å². The third-order valence-electron chi connectivity index (χ3n) is 5.98. The zero-order valence-electron chi connectivity index (χ0n) is 17.7. The van der Waals surface area contributed by atoms with Gasteiger partial charge >= 0.3 is 5.97 Å². The molecule has 0 unspecified atom stereocenters. The van der Waals surface area contributed by atoms with Gasteiger partial charge in [-0.1, -0.05) is 78.9 Å². The van der Waals surface area contributed by atoms with Gasteiger partial charge in [-0.15, -0.1) is 0 Å². The highest BCUT2D eigenvalue weighted by atomic mass is 16.5. The van der Waals surface area contributed by atoms with Crippen molar-refractivity contribution in [3.05, 3.63) is 108 Å². The summed E-state index contributed by atoms with van der Waals surface area (Å²) >= 11 is 0. The summed E-state index contributed by atoms with van der Waals surface area (Å²) in [6.45, 7) is 0. The molecule has 1 aliphatic carbocycles. The van der Waals surface area contributed by atoms with Gasteiger partial charge in [-0.2, -0.15) is 0 Å². The van der Waals surface area contributed by atoms with E-state index in [2.05, 4.69) is 5.32 Å². The van der Waals surface area contributed by atoms with Gasteiger partial charge in [0.05, 0.1) is 18.9 Å². The Bertz CT molecular complexity index is 1110. The molecule has 0 bridgehead atoms. The minimum absolute atomic E-state index is 0.329. The molecular weight excluding hydrogens is 402 g/mol. The first-order chi connectivity index (χ1) is 15.6. The molecule has 5 nitrogen and oxygen atoms in total. The molecule has 0 radical (unpaired) electrons. The van der Waals surface area contributed by atoms with Crippen LogP contribution in [-0.2, 0) is 9.59 Å². The van der Waals surface area contributed by atoms with Crippen LogP contribution in [0.1, 0.15) is 23.0 Å². The normalized spacial score (nSPS) is 22.2. The molecule has 3 aromatic rings. The topological polar surface area (TPSA) is 75.6 Å². The van der Waals surface area contributed by atoms with Crippen molar-refractivity contribution in [2.75, 3.05) is 12.4 Å². The Morgan fingerprint density at radius 3 is 1.88 bits per heavy atom. The number of nitrogens with one attached hydrogen (secondary N) is 1. The van der Waals surface area contributed by atoms with E-state index in [4.69, 9.17) is 4.74 Å². The number of benzene rings is 3. The summed E-state index contributed by atoms with van der Waals surface area (Å²) in [7, 11) is 1.56. The minimum atomic E-state index is -0.991. The van der Waals surface area contributed by atoms with Crippen LogP contribution in [0.15, 0.2) is 97.1 Å². The van der Waals surface area contributed by atoms with Crippen LogP contribution in [0.4, 0.5) is 5.69 Å². The lowest BCUT2D eigenvalue weighted by Crippen LogP contribution is -2.42. The standard InChI is InChI=1S/C27H25NO4/c1-32-21-14-8-13-20(17-21)28-26(29)24-22(18-9-4-2-5-10-18)15-16-23(25(24)27(30)31)19-11-6-3-7-12-19/h2-17,22-25H,1H3,(H,28,29)(H,30,31)/t22-,23-,24-,25-/m0/s1. The van der Waals surface area contributed by atoms with Gasteiger partial charge in [0.25, 0.3) is 0 Å². The van der Waals surface area contributed by atoms with E-state index in [1.807, 2.05) is 72.8 Å². The van der Waals surface area contributed by atoms with Crippen molar-refractivity contribution in [1.29, 1.82) is 0 Å². The van der Waals surface area contributed by atoms with Crippen LogP contribution >= 0.6 is 0 Å². The van der Waals surface area contributed by atoms with Crippen molar-refractivity contribution in [3.8, 4) is 5.75 Å². The maximum Gasteiger partial charge on any atom is 0.308 e. The maximum absolute atomic E-state index is 13.6. The summed E-state index contributed by atoms with van der Waals surface area (Å²) in [5, 5.41) is 13.2. The molecule has 0 saturated heterocycles. The third-order valence-corrected chi connectivity index (χ3v) is 5.98. The lowest BCUT2D eigenvalue weighted by Gasteiger charge is -2.37. The number of allylic oxidation sites excluding steroid dienone is 2. The lowest BCUT2D eigenvalue weighted by molar-refractivity contribution is -0.147. The van der Waals surface area contributed by atoms with Crippen LogP contribution in [-0.4, -0.2) is 24.1 Å². The molecule has 3 aromatic carbocycles. The SMILES string of the molecule is COc1cccc(NC(=O)[C@@H]2[C@@H](C(=O)O)[C@H](c3ccccc3)C=C[C@H]2c2ccccc2)c1. The Hall–Kier alpha value is -3.86. The van der Waals surface area contributed by atoms with E-state index >= 15 is 0 Å². The van der Waals surface area contributed by atoms with E-state index in [1.54, 1.807) is 31.4 Å². The summed E-state index contributed by atoms with van der Waals surface area (Å²) in [5.41, 5.74) is 2.35. The second-order valence-corrected chi connectivity index (χ2v) is 7.87. The average molecular weight is 428 g/mol. The molecule has 5 heteroatoms. The number of hydrogen-bond acceptors (Lipinski definition) is 3. The largest absolute Gasteiger partial charge is 0.497 e. The lowest BCUT2D eigenvalue weighted by atomic mass is 9.66. The number of anilines is 1. The van der Waals surface area contributed by atoms with Crippen LogP contribution in [0, 0.1) is 11.8 Å². The number of hydrogen-bond donors (Lipinski definition) is 2. The Labute approximate surface area is 187 Å². The average Bonchev–Trinajstić information content (AvgIpc) is 2.84. The van der Waals surface area contributed by atoms with Crippen molar-refractivity contribution in [2.24, 2.45) is 11.8 Å². The Morgan fingerprint density at radius 2 is 1.34 bits per heavy atom. The molecule has 4 rings (SSSR count). The number of ether oxygens (including phenoxy) is 1. The van der Waals surface area contributed by atoms with Crippen LogP contribution in [0.25, 0.3) is 0 Å². The first-order valence-corrected chi connectivity index (χ1v) is 10.5. The Balaban J connectivity index is 1.76.